The van der Waals surface area contributed by atoms with Crippen LogP contribution in [-0.2, 0) is 13.1 Å². The molecule has 0 unspecified atom stereocenters. The Bertz CT molecular complexity index is 548. The highest BCUT2D eigenvalue weighted by Gasteiger charge is 2.03. The number of aromatic nitrogens is 1. The van der Waals surface area contributed by atoms with Crippen LogP contribution in [0, 0.1) is 6.92 Å². The van der Waals surface area contributed by atoms with Crippen LogP contribution in [0.2, 0.25) is 0 Å². The third kappa shape index (κ3) is 3.62. The topological polar surface area (TPSA) is 54.0 Å². The van der Waals surface area contributed by atoms with Gasteiger partial charge in [0.05, 0.1) is 11.2 Å². The molecule has 0 saturated carbocycles. The van der Waals surface area contributed by atoms with Gasteiger partial charge in [-0.05, 0) is 24.6 Å². The van der Waals surface area contributed by atoms with Gasteiger partial charge in [0.15, 0.2) is 0 Å². The number of hydrogen-bond donors (Lipinski definition) is 2. The van der Waals surface area contributed by atoms with Crippen LogP contribution >= 0.6 is 11.3 Å². The number of carbonyl (C=O) groups is 1. The summed E-state index contributed by atoms with van der Waals surface area (Å²) >= 11 is 1.67. The summed E-state index contributed by atoms with van der Waals surface area (Å²) in [5.74, 6) is -0.0557. The molecule has 1 aromatic carbocycles. The molecule has 1 amide bonds. The molecule has 2 aromatic rings. The Balaban J connectivity index is 1.86. The van der Waals surface area contributed by atoms with E-state index in [-0.39, 0.29) is 5.91 Å². The Morgan fingerprint density at radius 2 is 2.00 bits per heavy atom. The minimum Gasteiger partial charge on any atom is -0.355 e. The molecule has 19 heavy (non-hydrogen) atoms. The minimum atomic E-state index is -0.0557. The first-order valence-electron chi connectivity index (χ1n) is 6.11. The van der Waals surface area contributed by atoms with Gasteiger partial charge in [0.1, 0.15) is 0 Å². The molecule has 0 saturated heterocycles. The van der Waals surface area contributed by atoms with Crippen molar-refractivity contribution in [1.29, 1.82) is 0 Å². The number of carbonyl (C=O) groups excluding carboxylic acids is 1. The molecule has 0 aliphatic rings. The average molecular weight is 275 g/mol. The van der Waals surface area contributed by atoms with E-state index in [4.69, 9.17) is 0 Å². The van der Waals surface area contributed by atoms with E-state index in [1.807, 2.05) is 36.7 Å². The van der Waals surface area contributed by atoms with Gasteiger partial charge in [0.25, 0.3) is 5.91 Å². The number of benzene rings is 1. The number of aryl methyl sites for hydroxylation is 1. The molecule has 0 radical (unpaired) electrons. The van der Waals surface area contributed by atoms with Crippen LogP contribution in [0.15, 0.2) is 29.8 Å². The Kier molecular flexibility index (Phi) is 4.65. The Labute approximate surface area is 116 Å². The maximum absolute atomic E-state index is 11.4. The lowest BCUT2D eigenvalue weighted by Gasteiger charge is -2.05. The van der Waals surface area contributed by atoms with Gasteiger partial charge in [0, 0.05) is 30.6 Å². The smallest absolute Gasteiger partial charge is 0.251 e. The molecule has 0 spiro atoms. The molecular formula is C14H17N3OS. The number of nitrogens with zero attached hydrogens (tertiary/aromatic N) is 1. The molecule has 0 aliphatic heterocycles. The zero-order valence-electron chi connectivity index (χ0n) is 11.1. The molecule has 0 fully saturated rings. The van der Waals surface area contributed by atoms with Gasteiger partial charge in [-0.15, -0.1) is 11.3 Å². The summed E-state index contributed by atoms with van der Waals surface area (Å²) in [4.78, 5) is 16.9. The Morgan fingerprint density at radius 3 is 2.58 bits per heavy atom. The standard InChI is InChI=1S/C14H17N3OS/c1-10-13(19-9-17-10)8-16-7-11-3-5-12(6-4-11)14(18)15-2/h3-6,9,16H,7-8H2,1-2H3,(H,15,18). The van der Waals surface area contributed by atoms with E-state index in [2.05, 4.69) is 15.6 Å². The number of nitrogens with one attached hydrogen (secondary N) is 2. The molecule has 0 bridgehead atoms. The fraction of sp³-hybridized carbons (Fsp3) is 0.286. The first kappa shape index (κ1) is 13.7. The second kappa shape index (κ2) is 6.45. The lowest BCUT2D eigenvalue weighted by molar-refractivity contribution is 0.0963. The lowest BCUT2D eigenvalue weighted by Crippen LogP contribution is -2.18. The first-order chi connectivity index (χ1) is 9.20. The van der Waals surface area contributed by atoms with Crippen molar-refractivity contribution in [1.82, 2.24) is 15.6 Å². The maximum Gasteiger partial charge on any atom is 0.251 e. The molecule has 4 nitrogen and oxygen atoms in total. The van der Waals surface area contributed by atoms with Crippen molar-refractivity contribution in [2.24, 2.45) is 0 Å². The molecule has 2 N–H and O–H groups in total. The molecule has 5 heteroatoms. The van der Waals surface area contributed by atoms with Crippen molar-refractivity contribution in [3.05, 3.63) is 51.5 Å². The predicted molar refractivity (Wildman–Crippen MR) is 77.2 cm³/mol. The second-order valence-electron chi connectivity index (χ2n) is 4.24. The lowest BCUT2D eigenvalue weighted by atomic mass is 10.1. The third-order valence-electron chi connectivity index (χ3n) is 2.90. The van der Waals surface area contributed by atoms with Crippen molar-refractivity contribution in [2.75, 3.05) is 7.05 Å². The number of rotatable bonds is 5. The summed E-state index contributed by atoms with van der Waals surface area (Å²) in [6, 6.07) is 7.62. The highest BCUT2D eigenvalue weighted by molar-refractivity contribution is 7.09. The van der Waals surface area contributed by atoms with E-state index in [0.717, 1.165) is 24.3 Å². The summed E-state index contributed by atoms with van der Waals surface area (Å²) in [6.45, 7) is 3.63. The van der Waals surface area contributed by atoms with E-state index < -0.39 is 0 Å². The summed E-state index contributed by atoms with van der Waals surface area (Å²) < 4.78 is 0. The molecule has 2 rings (SSSR count). The fourth-order valence-electron chi connectivity index (χ4n) is 1.73. The summed E-state index contributed by atoms with van der Waals surface area (Å²) in [7, 11) is 1.63. The van der Waals surface area contributed by atoms with Crippen LogP contribution in [-0.4, -0.2) is 17.9 Å². The highest BCUT2D eigenvalue weighted by Crippen LogP contribution is 2.11. The zero-order chi connectivity index (χ0) is 13.7. The van der Waals surface area contributed by atoms with E-state index in [1.54, 1.807) is 18.4 Å². The van der Waals surface area contributed by atoms with Gasteiger partial charge < -0.3 is 10.6 Å². The van der Waals surface area contributed by atoms with E-state index in [9.17, 15) is 4.79 Å². The monoisotopic (exact) mass is 275 g/mol. The Morgan fingerprint density at radius 1 is 1.26 bits per heavy atom. The summed E-state index contributed by atoms with van der Waals surface area (Å²) in [5.41, 5.74) is 4.80. The van der Waals surface area contributed by atoms with Gasteiger partial charge in [-0.3, -0.25) is 4.79 Å². The van der Waals surface area contributed by atoms with Crippen molar-refractivity contribution in [3.63, 3.8) is 0 Å². The quantitative estimate of drug-likeness (QED) is 0.878. The highest BCUT2D eigenvalue weighted by atomic mass is 32.1. The average Bonchev–Trinajstić information content (AvgIpc) is 2.84. The number of thiazole rings is 1. The minimum absolute atomic E-state index is 0.0557. The van der Waals surface area contributed by atoms with E-state index in [1.165, 1.54) is 4.88 Å². The van der Waals surface area contributed by atoms with Crippen LogP contribution in [0.4, 0.5) is 0 Å². The zero-order valence-corrected chi connectivity index (χ0v) is 11.9. The second-order valence-corrected chi connectivity index (χ2v) is 5.18. The van der Waals surface area contributed by atoms with Gasteiger partial charge in [-0.1, -0.05) is 12.1 Å². The predicted octanol–water partition coefficient (Wildman–Crippen LogP) is 2.10. The Hall–Kier alpha value is -1.72. The van der Waals surface area contributed by atoms with Crippen LogP contribution in [0.25, 0.3) is 0 Å². The fourth-order valence-corrected chi connectivity index (χ4v) is 2.48. The van der Waals surface area contributed by atoms with Gasteiger partial charge >= 0.3 is 0 Å². The first-order valence-corrected chi connectivity index (χ1v) is 6.99. The van der Waals surface area contributed by atoms with Crippen molar-refractivity contribution in [3.8, 4) is 0 Å². The SMILES string of the molecule is CNC(=O)c1ccc(CNCc2scnc2C)cc1. The number of hydrogen-bond acceptors (Lipinski definition) is 4. The van der Waals surface area contributed by atoms with Gasteiger partial charge in [-0.2, -0.15) is 0 Å². The van der Waals surface area contributed by atoms with Crippen LogP contribution < -0.4 is 10.6 Å². The molecule has 0 aliphatic carbocycles. The molecular weight excluding hydrogens is 258 g/mol. The third-order valence-corrected chi connectivity index (χ3v) is 3.84. The van der Waals surface area contributed by atoms with Gasteiger partial charge in [-0.25, -0.2) is 4.98 Å². The number of amides is 1. The molecule has 1 aromatic heterocycles. The molecule has 100 valence electrons. The van der Waals surface area contributed by atoms with Crippen LogP contribution in [0.3, 0.4) is 0 Å². The van der Waals surface area contributed by atoms with Crippen LogP contribution in [0.1, 0.15) is 26.5 Å². The van der Waals surface area contributed by atoms with E-state index in [0.29, 0.717) is 5.56 Å². The van der Waals surface area contributed by atoms with Gasteiger partial charge in [0.2, 0.25) is 0 Å². The summed E-state index contributed by atoms with van der Waals surface area (Å²) in [5, 5.41) is 5.99. The van der Waals surface area contributed by atoms with Crippen LogP contribution in [0.5, 0.6) is 0 Å². The maximum atomic E-state index is 11.4. The largest absolute Gasteiger partial charge is 0.355 e. The normalized spacial score (nSPS) is 10.4. The van der Waals surface area contributed by atoms with Crippen molar-refractivity contribution in [2.45, 2.75) is 20.0 Å². The summed E-state index contributed by atoms with van der Waals surface area (Å²) in [6.07, 6.45) is 0. The van der Waals surface area contributed by atoms with E-state index >= 15 is 0 Å². The molecule has 1 heterocycles. The molecule has 0 atom stereocenters. The van der Waals surface area contributed by atoms with Crippen molar-refractivity contribution < 1.29 is 4.79 Å². The van der Waals surface area contributed by atoms with Crippen molar-refractivity contribution >= 4 is 17.2 Å².